The molecule has 0 fully saturated rings. The van der Waals surface area contributed by atoms with E-state index in [0.717, 1.165) is 0 Å². The minimum atomic E-state index is -3.71. The second kappa shape index (κ2) is 5.61. The summed E-state index contributed by atoms with van der Waals surface area (Å²) in [6.07, 6.45) is 1.37. The van der Waals surface area contributed by atoms with Crippen molar-refractivity contribution in [2.45, 2.75) is 10.1 Å². The fourth-order valence-corrected chi connectivity index (χ4v) is 3.04. The summed E-state index contributed by atoms with van der Waals surface area (Å²) in [4.78, 5) is 4.08. The summed E-state index contributed by atoms with van der Waals surface area (Å²) in [7, 11) is -2.13. The average Bonchev–Trinajstić information content (AvgIpc) is 3.06. The molecule has 0 unspecified atom stereocenters. The highest BCUT2D eigenvalue weighted by Gasteiger charge is 2.22. The molecule has 3 aromatic rings. The first-order chi connectivity index (χ1) is 10.6. The van der Waals surface area contributed by atoms with Crippen molar-refractivity contribution in [2.75, 3.05) is 7.11 Å². The van der Waals surface area contributed by atoms with Crippen LogP contribution in [0.1, 0.15) is 0 Å². The molecule has 6 nitrogen and oxygen atoms in total. The van der Waals surface area contributed by atoms with Gasteiger partial charge < -0.3 is 4.74 Å². The zero-order valence-corrected chi connectivity index (χ0v) is 12.6. The molecular weight excluding hydrogens is 302 g/mol. The zero-order valence-electron chi connectivity index (χ0n) is 11.7. The molecule has 0 bridgehead atoms. The normalized spacial score (nSPS) is 11.3. The summed E-state index contributed by atoms with van der Waals surface area (Å²) in [5.74, 6) is 0.709. The number of sulfone groups is 1. The van der Waals surface area contributed by atoms with Gasteiger partial charge in [0.1, 0.15) is 12.1 Å². The highest BCUT2D eigenvalue weighted by Crippen LogP contribution is 2.18. The van der Waals surface area contributed by atoms with Crippen molar-refractivity contribution in [3.8, 4) is 11.4 Å². The minimum absolute atomic E-state index is 0.169. The lowest BCUT2D eigenvalue weighted by Gasteiger charge is -2.02. The van der Waals surface area contributed by atoms with Crippen LogP contribution in [0.5, 0.6) is 5.75 Å². The van der Waals surface area contributed by atoms with Gasteiger partial charge in [0.15, 0.2) is 0 Å². The largest absolute Gasteiger partial charge is 0.497 e. The Kier molecular flexibility index (Phi) is 3.64. The second-order valence-corrected chi connectivity index (χ2v) is 6.33. The fraction of sp³-hybridized carbons (Fsp3) is 0.0667. The SMILES string of the molecule is COc1ccc(-n2cnc(S(=O)(=O)c3ccccc3)n2)cc1. The molecule has 0 aliphatic carbocycles. The molecule has 0 saturated carbocycles. The summed E-state index contributed by atoms with van der Waals surface area (Å²) in [5, 5.41) is 3.83. The maximum atomic E-state index is 12.4. The summed E-state index contributed by atoms with van der Waals surface area (Å²) >= 11 is 0. The topological polar surface area (TPSA) is 74.1 Å². The van der Waals surface area contributed by atoms with Crippen molar-refractivity contribution in [3.63, 3.8) is 0 Å². The predicted octanol–water partition coefficient (Wildman–Crippen LogP) is 2.11. The van der Waals surface area contributed by atoms with Crippen molar-refractivity contribution in [2.24, 2.45) is 0 Å². The Hall–Kier alpha value is -2.67. The molecule has 0 spiro atoms. The standard InChI is InChI=1S/C15H13N3O3S/c1-21-13-9-7-12(8-10-13)18-11-16-15(17-18)22(19,20)14-5-3-2-4-6-14/h2-11H,1H3. The molecule has 0 saturated heterocycles. The van der Waals surface area contributed by atoms with Crippen LogP contribution in [0.4, 0.5) is 0 Å². The van der Waals surface area contributed by atoms with E-state index in [2.05, 4.69) is 10.1 Å². The Balaban J connectivity index is 1.96. The molecule has 0 radical (unpaired) electrons. The van der Waals surface area contributed by atoms with Crippen LogP contribution in [0.3, 0.4) is 0 Å². The number of ether oxygens (including phenoxy) is 1. The fourth-order valence-electron chi connectivity index (χ4n) is 1.94. The van der Waals surface area contributed by atoms with Gasteiger partial charge in [0.05, 0.1) is 17.7 Å². The number of benzene rings is 2. The zero-order chi connectivity index (χ0) is 15.6. The third-order valence-corrected chi connectivity index (χ3v) is 4.66. The van der Waals surface area contributed by atoms with Crippen LogP contribution in [0.25, 0.3) is 5.69 Å². The van der Waals surface area contributed by atoms with Crippen LogP contribution in [0, 0.1) is 0 Å². The van der Waals surface area contributed by atoms with Crippen LogP contribution in [-0.4, -0.2) is 30.3 Å². The second-order valence-electron chi connectivity index (χ2n) is 4.49. The molecule has 0 aliphatic rings. The van der Waals surface area contributed by atoms with E-state index in [4.69, 9.17) is 4.74 Å². The number of hydrogen-bond acceptors (Lipinski definition) is 5. The van der Waals surface area contributed by atoms with E-state index in [-0.39, 0.29) is 10.1 Å². The van der Waals surface area contributed by atoms with Crippen LogP contribution in [0.2, 0.25) is 0 Å². The molecule has 7 heteroatoms. The maximum Gasteiger partial charge on any atom is 0.272 e. The van der Waals surface area contributed by atoms with E-state index in [1.807, 2.05) is 0 Å². The smallest absolute Gasteiger partial charge is 0.272 e. The molecule has 112 valence electrons. The van der Waals surface area contributed by atoms with E-state index in [9.17, 15) is 8.42 Å². The summed E-state index contributed by atoms with van der Waals surface area (Å²) in [6.45, 7) is 0. The number of nitrogens with zero attached hydrogens (tertiary/aromatic N) is 3. The van der Waals surface area contributed by atoms with Gasteiger partial charge in [0.25, 0.3) is 5.16 Å². The Bertz CT molecular complexity index is 872. The Morgan fingerprint density at radius 3 is 2.32 bits per heavy atom. The Labute approximate surface area is 127 Å². The van der Waals surface area contributed by atoms with Crippen LogP contribution >= 0.6 is 0 Å². The maximum absolute atomic E-state index is 12.4. The summed E-state index contributed by atoms with van der Waals surface area (Å²) in [6, 6.07) is 15.2. The third kappa shape index (κ3) is 2.58. The van der Waals surface area contributed by atoms with Gasteiger partial charge in [-0.15, -0.1) is 5.10 Å². The monoisotopic (exact) mass is 315 g/mol. The van der Waals surface area contributed by atoms with Gasteiger partial charge in [-0.25, -0.2) is 18.1 Å². The molecule has 0 N–H and O–H groups in total. The van der Waals surface area contributed by atoms with Gasteiger partial charge in [-0.2, -0.15) is 0 Å². The minimum Gasteiger partial charge on any atom is -0.497 e. The summed E-state index contributed by atoms with van der Waals surface area (Å²) in [5.41, 5.74) is 0.697. The molecule has 0 aliphatic heterocycles. The lowest BCUT2D eigenvalue weighted by atomic mass is 10.3. The van der Waals surface area contributed by atoms with Crippen LogP contribution in [0.15, 0.2) is 71.0 Å². The lowest BCUT2D eigenvalue weighted by Crippen LogP contribution is -2.05. The van der Waals surface area contributed by atoms with Gasteiger partial charge >= 0.3 is 0 Å². The third-order valence-electron chi connectivity index (χ3n) is 3.10. The van der Waals surface area contributed by atoms with Gasteiger partial charge in [0.2, 0.25) is 9.84 Å². The lowest BCUT2D eigenvalue weighted by molar-refractivity contribution is 0.414. The number of hydrogen-bond donors (Lipinski definition) is 0. The molecule has 0 atom stereocenters. The molecule has 0 amide bonds. The predicted molar refractivity (Wildman–Crippen MR) is 79.8 cm³/mol. The van der Waals surface area contributed by atoms with Crippen molar-refractivity contribution in [3.05, 3.63) is 60.9 Å². The van der Waals surface area contributed by atoms with Crippen LogP contribution < -0.4 is 4.74 Å². The van der Waals surface area contributed by atoms with E-state index in [1.54, 1.807) is 49.6 Å². The van der Waals surface area contributed by atoms with Gasteiger partial charge in [-0.3, -0.25) is 0 Å². The van der Waals surface area contributed by atoms with E-state index >= 15 is 0 Å². The van der Waals surface area contributed by atoms with E-state index in [1.165, 1.54) is 23.1 Å². The quantitative estimate of drug-likeness (QED) is 0.737. The first-order valence-corrected chi connectivity index (χ1v) is 7.96. The molecule has 1 aromatic heterocycles. The first-order valence-electron chi connectivity index (χ1n) is 6.47. The highest BCUT2D eigenvalue weighted by atomic mass is 32.2. The number of rotatable bonds is 4. The molecular formula is C15H13N3O3S. The van der Waals surface area contributed by atoms with Crippen LogP contribution in [-0.2, 0) is 9.84 Å². The van der Waals surface area contributed by atoms with Crippen molar-refractivity contribution >= 4 is 9.84 Å². The van der Waals surface area contributed by atoms with E-state index < -0.39 is 9.84 Å². The summed E-state index contributed by atoms with van der Waals surface area (Å²) < 4.78 is 31.3. The number of aromatic nitrogens is 3. The van der Waals surface area contributed by atoms with Crippen molar-refractivity contribution < 1.29 is 13.2 Å². The van der Waals surface area contributed by atoms with E-state index in [0.29, 0.717) is 11.4 Å². The highest BCUT2D eigenvalue weighted by molar-refractivity contribution is 7.91. The van der Waals surface area contributed by atoms with Gasteiger partial charge in [-0.1, -0.05) is 18.2 Å². The molecule has 2 aromatic carbocycles. The molecule has 3 rings (SSSR count). The van der Waals surface area contributed by atoms with Gasteiger partial charge in [0, 0.05) is 0 Å². The van der Waals surface area contributed by atoms with Crippen molar-refractivity contribution in [1.82, 2.24) is 14.8 Å². The molecule has 22 heavy (non-hydrogen) atoms. The molecule has 1 heterocycles. The first kappa shape index (κ1) is 14.3. The van der Waals surface area contributed by atoms with Crippen molar-refractivity contribution in [1.29, 1.82) is 0 Å². The Morgan fingerprint density at radius 2 is 1.68 bits per heavy atom. The number of methoxy groups -OCH3 is 1. The Morgan fingerprint density at radius 1 is 1.00 bits per heavy atom. The average molecular weight is 315 g/mol. The van der Waals surface area contributed by atoms with Gasteiger partial charge in [-0.05, 0) is 36.4 Å².